The molecule has 0 bridgehead atoms. The van der Waals surface area contributed by atoms with E-state index in [0.717, 1.165) is 0 Å². The van der Waals surface area contributed by atoms with Crippen molar-refractivity contribution in [2.24, 2.45) is 0 Å². The minimum Gasteiger partial charge on any atom is -0.394 e. The summed E-state index contributed by atoms with van der Waals surface area (Å²) in [5.41, 5.74) is 0. The lowest BCUT2D eigenvalue weighted by molar-refractivity contribution is 0.0450. The molecule has 0 aliphatic carbocycles. The molecule has 5 heteroatoms. The van der Waals surface area contributed by atoms with Gasteiger partial charge in [-0.25, -0.2) is 0 Å². The smallest absolute Gasteiger partial charge is 0.100 e. The normalized spacial score (nSPS) is 7.75. The predicted octanol–water partition coefficient (Wildman–Crippen LogP) is -1.64. The lowest BCUT2D eigenvalue weighted by Crippen LogP contribution is -2.15. The van der Waals surface area contributed by atoms with Crippen LogP contribution in [0.4, 0.5) is 0 Å². The van der Waals surface area contributed by atoms with Crippen molar-refractivity contribution in [3.63, 3.8) is 0 Å². The molecular formula is C3H8N2O3. The van der Waals surface area contributed by atoms with Crippen molar-refractivity contribution in [2.45, 2.75) is 6.10 Å². The van der Waals surface area contributed by atoms with Crippen LogP contribution in [0.3, 0.4) is 0 Å². The van der Waals surface area contributed by atoms with Gasteiger partial charge < -0.3 is 15.3 Å². The molecule has 0 fully saturated rings. The fourth-order valence-electron chi connectivity index (χ4n) is 0.0577. The standard InChI is InChI=1S/C3H8O3.N2/c4-1-3(6)2-5;1-2/h3-6H,1-2H2;. The van der Waals surface area contributed by atoms with Gasteiger partial charge in [0.1, 0.15) is 6.10 Å². The van der Waals surface area contributed by atoms with E-state index in [1.165, 1.54) is 0 Å². The average molecular weight is 120 g/mol. The van der Waals surface area contributed by atoms with Crippen LogP contribution in [0.2, 0.25) is 0 Å². The van der Waals surface area contributed by atoms with Crippen LogP contribution in [0.5, 0.6) is 0 Å². The fraction of sp³-hybridized carbons (Fsp3) is 1.00. The highest BCUT2D eigenvalue weighted by molar-refractivity contribution is 4.43. The molecule has 0 aliphatic rings. The van der Waals surface area contributed by atoms with Gasteiger partial charge in [-0.3, -0.25) is 0 Å². The maximum Gasteiger partial charge on any atom is 0.100 e. The summed E-state index contributed by atoms with van der Waals surface area (Å²) < 4.78 is 0. The molecule has 0 aromatic rings. The topological polar surface area (TPSA) is 108 Å². The summed E-state index contributed by atoms with van der Waals surface area (Å²) in [5.74, 6) is 0. The lowest BCUT2D eigenvalue weighted by atomic mass is 10.4. The van der Waals surface area contributed by atoms with E-state index < -0.39 is 6.10 Å². The summed E-state index contributed by atoms with van der Waals surface area (Å²) in [7, 11) is 0. The minimum atomic E-state index is -0.954. The van der Waals surface area contributed by atoms with Gasteiger partial charge >= 0.3 is 0 Å². The highest BCUT2D eigenvalue weighted by Gasteiger charge is 1.93. The zero-order valence-corrected chi connectivity index (χ0v) is 4.23. The molecule has 3 N–H and O–H groups in total. The molecule has 5 nitrogen and oxygen atoms in total. The van der Waals surface area contributed by atoms with Gasteiger partial charge in [0.15, 0.2) is 0 Å². The van der Waals surface area contributed by atoms with Crippen molar-refractivity contribution in [1.29, 1.82) is 10.8 Å². The summed E-state index contributed by atoms with van der Waals surface area (Å²) in [6.07, 6.45) is -0.954. The van der Waals surface area contributed by atoms with Crippen molar-refractivity contribution < 1.29 is 15.3 Å². The predicted molar refractivity (Wildman–Crippen MR) is 23.6 cm³/mol. The first-order valence-corrected chi connectivity index (χ1v) is 1.91. The van der Waals surface area contributed by atoms with Crippen LogP contribution in [0.1, 0.15) is 0 Å². The van der Waals surface area contributed by atoms with Gasteiger partial charge in [-0.2, -0.15) is 0 Å². The van der Waals surface area contributed by atoms with E-state index in [1.807, 2.05) is 0 Å². The molecule has 0 saturated heterocycles. The van der Waals surface area contributed by atoms with Crippen LogP contribution in [-0.2, 0) is 0 Å². The first-order chi connectivity index (χ1) is 3.81. The minimum absolute atomic E-state index is 0.365. The average Bonchev–Trinajstić information content (AvgIpc) is 1.91. The Labute approximate surface area is 46.6 Å². The Morgan fingerprint density at radius 2 is 1.38 bits per heavy atom. The molecule has 0 aromatic carbocycles. The highest BCUT2D eigenvalue weighted by Crippen LogP contribution is 1.71. The maximum atomic E-state index is 8.17. The molecule has 0 heterocycles. The van der Waals surface area contributed by atoms with Gasteiger partial charge in [0, 0.05) is 10.8 Å². The first kappa shape index (κ1) is 10.3. The Hall–Kier alpha value is -0.700. The highest BCUT2D eigenvalue weighted by atomic mass is 16.3. The molecule has 0 atom stereocenters. The van der Waals surface area contributed by atoms with E-state index in [4.69, 9.17) is 26.1 Å². The summed E-state index contributed by atoms with van der Waals surface area (Å²) in [6, 6.07) is 0. The van der Waals surface area contributed by atoms with Gasteiger partial charge in [0.2, 0.25) is 0 Å². The second-order valence-electron chi connectivity index (χ2n) is 1.02. The second-order valence-corrected chi connectivity index (χ2v) is 1.02. The number of aliphatic hydroxyl groups excluding tert-OH is 3. The molecule has 0 rings (SSSR count). The molecule has 8 heavy (non-hydrogen) atoms. The summed E-state index contributed by atoms with van der Waals surface area (Å²) >= 11 is 0. The van der Waals surface area contributed by atoms with E-state index in [2.05, 4.69) is 0 Å². The second kappa shape index (κ2) is 9.57. The molecule has 0 saturated carbocycles. The van der Waals surface area contributed by atoms with Crippen LogP contribution in [-0.4, -0.2) is 34.6 Å². The van der Waals surface area contributed by atoms with Crippen molar-refractivity contribution in [2.75, 3.05) is 13.2 Å². The zero-order chi connectivity index (χ0) is 6.99. The summed E-state index contributed by atoms with van der Waals surface area (Å²) in [5, 5.41) is 36.0. The third-order valence-electron chi connectivity index (χ3n) is 0.421. The Kier molecular flexibility index (Phi) is 12.3. The molecule has 0 radical (unpaired) electrons. The maximum absolute atomic E-state index is 8.17. The number of hydrogen-bond donors (Lipinski definition) is 3. The third kappa shape index (κ3) is 9.00. The molecular weight excluding hydrogens is 112 g/mol. The van der Waals surface area contributed by atoms with Crippen LogP contribution >= 0.6 is 0 Å². The van der Waals surface area contributed by atoms with Crippen molar-refractivity contribution in [3.05, 3.63) is 0 Å². The van der Waals surface area contributed by atoms with Gasteiger partial charge in [0.05, 0.1) is 13.2 Å². The number of aliphatic hydroxyl groups is 3. The first-order valence-electron chi connectivity index (χ1n) is 1.91. The molecule has 0 spiro atoms. The van der Waals surface area contributed by atoms with E-state index in [-0.39, 0.29) is 13.2 Å². The van der Waals surface area contributed by atoms with E-state index in [9.17, 15) is 0 Å². The van der Waals surface area contributed by atoms with E-state index in [0.29, 0.717) is 0 Å². The van der Waals surface area contributed by atoms with Gasteiger partial charge in [-0.1, -0.05) is 0 Å². The molecule has 0 aromatic heterocycles. The third-order valence-corrected chi connectivity index (χ3v) is 0.421. The van der Waals surface area contributed by atoms with Crippen LogP contribution in [0, 0.1) is 10.8 Å². The Bertz CT molecular complexity index is 51.7. The van der Waals surface area contributed by atoms with Crippen LogP contribution < -0.4 is 0 Å². The van der Waals surface area contributed by atoms with Gasteiger partial charge in [-0.15, -0.1) is 0 Å². The SMILES string of the molecule is N#N.OCC(O)CO. The van der Waals surface area contributed by atoms with Crippen molar-refractivity contribution in [3.8, 4) is 0 Å². The number of nitrogens with zero attached hydrogens (tertiary/aromatic N) is 2. The quantitative estimate of drug-likeness (QED) is 0.379. The summed E-state index contributed by atoms with van der Waals surface area (Å²) in [6.45, 7) is -0.729. The molecule has 0 aliphatic heterocycles. The van der Waals surface area contributed by atoms with Gasteiger partial charge in [-0.05, 0) is 0 Å². The molecule has 0 unspecified atom stereocenters. The van der Waals surface area contributed by atoms with Crippen molar-refractivity contribution >= 4 is 0 Å². The molecule has 48 valence electrons. The Morgan fingerprint density at radius 3 is 1.38 bits per heavy atom. The zero-order valence-electron chi connectivity index (χ0n) is 4.23. The van der Waals surface area contributed by atoms with Gasteiger partial charge in [0.25, 0.3) is 0 Å². The molecule has 0 amide bonds. The Balaban J connectivity index is 0. The van der Waals surface area contributed by atoms with Crippen molar-refractivity contribution in [1.82, 2.24) is 0 Å². The van der Waals surface area contributed by atoms with Crippen LogP contribution in [0.15, 0.2) is 0 Å². The largest absolute Gasteiger partial charge is 0.394 e. The number of hydrogen-bond acceptors (Lipinski definition) is 5. The van der Waals surface area contributed by atoms with E-state index >= 15 is 0 Å². The fourth-order valence-corrected chi connectivity index (χ4v) is 0.0577. The number of rotatable bonds is 2. The van der Waals surface area contributed by atoms with Crippen LogP contribution in [0.25, 0.3) is 0 Å². The monoisotopic (exact) mass is 120 g/mol. The summed E-state index contributed by atoms with van der Waals surface area (Å²) in [4.78, 5) is 0. The van der Waals surface area contributed by atoms with E-state index in [1.54, 1.807) is 0 Å². The Morgan fingerprint density at radius 1 is 1.12 bits per heavy atom. The lowest BCUT2D eigenvalue weighted by Gasteiger charge is -1.96.